The topological polar surface area (TPSA) is 24.5 Å². The SMILES string of the molecule is COc1ccc(CCNC(=S)N2CCCC(C(F)(F)F)C2)cc1. The van der Waals surface area contributed by atoms with Crippen molar-refractivity contribution in [3.05, 3.63) is 29.8 Å². The number of thiocarbonyl (C=S) groups is 1. The third-order valence-electron chi connectivity index (χ3n) is 4.02. The van der Waals surface area contributed by atoms with Gasteiger partial charge in [-0.1, -0.05) is 12.1 Å². The molecule has 1 fully saturated rings. The van der Waals surface area contributed by atoms with Gasteiger partial charge in [0.1, 0.15) is 5.75 Å². The molecule has 2 rings (SSSR count). The summed E-state index contributed by atoms with van der Waals surface area (Å²) in [7, 11) is 1.61. The van der Waals surface area contributed by atoms with Crippen molar-refractivity contribution in [3.8, 4) is 5.75 Å². The molecule has 1 aliphatic heterocycles. The third kappa shape index (κ3) is 5.27. The van der Waals surface area contributed by atoms with Gasteiger partial charge in [-0.25, -0.2) is 0 Å². The van der Waals surface area contributed by atoms with Gasteiger partial charge in [-0.15, -0.1) is 0 Å². The van der Waals surface area contributed by atoms with Crippen LogP contribution in [0.2, 0.25) is 0 Å². The fraction of sp³-hybridized carbons (Fsp3) is 0.562. The number of halogens is 3. The van der Waals surface area contributed by atoms with Gasteiger partial charge < -0.3 is 15.0 Å². The lowest BCUT2D eigenvalue weighted by molar-refractivity contribution is -0.183. The average molecular weight is 346 g/mol. The number of nitrogens with zero attached hydrogens (tertiary/aromatic N) is 1. The molecule has 128 valence electrons. The summed E-state index contributed by atoms with van der Waals surface area (Å²) in [5.74, 6) is -0.485. The summed E-state index contributed by atoms with van der Waals surface area (Å²) in [5, 5.41) is 3.47. The Morgan fingerprint density at radius 1 is 1.35 bits per heavy atom. The van der Waals surface area contributed by atoms with Gasteiger partial charge in [-0.3, -0.25) is 0 Å². The van der Waals surface area contributed by atoms with Crippen molar-refractivity contribution in [1.82, 2.24) is 10.2 Å². The van der Waals surface area contributed by atoms with Gasteiger partial charge in [-0.05, 0) is 49.2 Å². The minimum atomic E-state index is -4.14. The molecule has 0 amide bonds. The Balaban J connectivity index is 1.77. The number of benzene rings is 1. The number of ether oxygens (including phenoxy) is 1. The first-order valence-electron chi connectivity index (χ1n) is 7.62. The maximum absolute atomic E-state index is 12.8. The lowest BCUT2D eigenvalue weighted by atomic mass is 9.98. The van der Waals surface area contributed by atoms with E-state index in [1.807, 2.05) is 24.3 Å². The van der Waals surface area contributed by atoms with E-state index >= 15 is 0 Å². The molecular weight excluding hydrogens is 325 g/mol. The van der Waals surface area contributed by atoms with Crippen molar-refractivity contribution in [2.24, 2.45) is 5.92 Å². The van der Waals surface area contributed by atoms with Gasteiger partial charge >= 0.3 is 6.18 Å². The van der Waals surface area contributed by atoms with Gasteiger partial charge in [0.15, 0.2) is 5.11 Å². The predicted molar refractivity (Wildman–Crippen MR) is 87.7 cm³/mol. The lowest BCUT2D eigenvalue weighted by Gasteiger charge is -2.35. The van der Waals surface area contributed by atoms with Crippen molar-refractivity contribution in [2.45, 2.75) is 25.4 Å². The molecule has 1 aliphatic rings. The van der Waals surface area contributed by atoms with E-state index < -0.39 is 12.1 Å². The highest BCUT2D eigenvalue weighted by Crippen LogP contribution is 2.33. The van der Waals surface area contributed by atoms with Crippen molar-refractivity contribution < 1.29 is 17.9 Å². The van der Waals surface area contributed by atoms with Crippen molar-refractivity contribution in [3.63, 3.8) is 0 Å². The minimum absolute atomic E-state index is 0.0438. The zero-order valence-electron chi connectivity index (χ0n) is 13.0. The van der Waals surface area contributed by atoms with Crippen LogP contribution in [0.4, 0.5) is 13.2 Å². The number of rotatable bonds is 4. The summed E-state index contributed by atoms with van der Waals surface area (Å²) in [6, 6.07) is 7.69. The van der Waals surface area contributed by atoms with Crippen LogP contribution in [0.25, 0.3) is 0 Å². The summed E-state index contributed by atoms with van der Waals surface area (Å²) in [5.41, 5.74) is 1.12. The van der Waals surface area contributed by atoms with Crippen LogP contribution in [0, 0.1) is 5.92 Å². The van der Waals surface area contributed by atoms with Crippen molar-refractivity contribution >= 4 is 17.3 Å². The second-order valence-corrected chi connectivity index (χ2v) is 6.04. The molecule has 23 heavy (non-hydrogen) atoms. The van der Waals surface area contributed by atoms with Gasteiger partial charge in [0, 0.05) is 19.6 Å². The average Bonchev–Trinajstić information content (AvgIpc) is 2.54. The zero-order valence-corrected chi connectivity index (χ0v) is 13.8. The summed E-state index contributed by atoms with van der Waals surface area (Å²) in [6.07, 6.45) is -2.68. The first-order chi connectivity index (χ1) is 10.9. The molecule has 1 saturated heterocycles. The highest BCUT2D eigenvalue weighted by Gasteiger charge is 2.42. The highest BCUT2D eigenvalue weighted by atomic mass is 32.1. The van der Waals surface area contributed by atoms with E-state index in [1.165, 1.54) is 0 Å². The number of likely N-dealkylation sites (tertiary alicyclic amines) is 1. The smallest absolute Gasteiger partial charge is 0.393 e. The summed E-state index contributed by atoms with van der Waals surface area (Å²) in [4.78, 5) is 1.63. The molecule has 0 radical (unpaired) electrons. The minimum Gasteiger partial charge on any atom is -0.497 e. The van der Waals surface area contributed by atoms with Crippen LogP contribution >= 0.6 is 12.2 Å². The maximum atomic E-state index is 12.8. The number of methoxy groups -OCH3 is 1. The van der Waals surface area contributed by atoms with Crippen molar-refractivity contribution in [1.29, 1.82) is 0 Å². The largest absolute Gasteiger partial charge is 0.497 e. The molecular formula is C16H21F3N2OS. The molecule has 1 atom stereocenters. The number of nitrogens with one attached hydrogen (secondary N) is 1. The van der Waals surface area contributed by atoms with E-state index in [0.717, 1.165) is 17.7 Å². The summed E-state index contributed by atoms with van der Waals surface area (Å²) >= 11 is 5.23. The Bertz CT molecular complexity index is 519. The maximum Gasteiger partial charge on any atom is 0.393 e. The lowest BCUT2D eigenvalue weighted by Crippen LogP contribution is -2.48. The number of alkyl halides is 3. The molecule has 0 spiro atoms. The van der Waals surface area contributed by atoms with Gasteiger partial charge in [-0.2, -0.15) is 13.2 Å². The van der Waals surface area contributed by atoms with Crippen LogP contribution in [0.3, 0.4) is 0 Å². The quantitative estimate of drug-likeness (QED) is 0.845. The Morgan fingerprint density at radius 2 is 2.04 bits per heavy atom. The van der Waals surface area contributed by atoms with E-state index in [2.05, 4.69) is 5.32 Å². The second kappa shape index (κ2) is 7.86. The van der Waals surface area contributed by atoms with Crippen LogP contribution in [-0.4, -0.2) is 42.9 Å². The molecule has 1 aromatic carbocycles. The Kier molecular flexibility index (Phi) is 6.10. The fourth-order valence-corrected chi connectivity index (χ4v) is 2.91. The summed E-state index contributed by atoms with van der Waals surface area (Å²) in [6.45, 7) is 1.14. The fourth-order valence-electron chi connectivity index (χ4n) is 2.65. The Morgan fingerprint density at radius 3 is 2.65 bits per heavy atom. The molecule has 1 unspecified atom stereocenters. The molecule has 1 aromatic rings. The molecule has 0 bridgehead atoms. The van der Waals surface area contributed by atoms with Crippen LogP contribution < -0.4 is 10.1 Å². The van der Waals surface area contributed by atoms with Gasteiger partial charge in [0.25, 0.3) is 0 Å². The second-order valence-electron chi connectivity index (χ2n) is 5.66. The van der Waals surface area contributed by atoms with Crippen molar-refractivity contribution in [2.75, 3.05) is 26.7 Å². The Hall–Kier alpha value is -1.50. The first kappa shape index (κ1) is 17.8. The molecule has 1 heterocycles. The standard InChI is InChI=1S/C16H21F3N2OS/c1-22-14-6-4-12(5-7-14)8-9-20-15(23)21-10-2-3-13(11-21)16(17,18)19/h4-7,13H,2-3,8-11H2,1H3,(H,20,23). The normalized spacial score (nSPS) is 18.6. The molecule has 0 saturated carbocycles. The zero-order chi connectivity index (χ0) is 16.9. The van der Waals surface area contributed by atoms with Crippen LogP contribution in [-0.2, 0) is 6.42 Å². The predicted octanol–water partition coefficient (Wildman–Crippen LogP) is 3.39. The molecule has 0 aliphatic carbocycles. The molecule has 7 heteroatoms. The monoisotopic (exact) mass is 346 g/mol. The van der Waals surface area contributed by atoms with Crippen LogP contribution in [0.15, 0.2) is 24.3 Å². The molecule has 0 aromatic heterocycles. The Labute approximate surface area is 139 Å². The first-order valence-corrected chi connectivity index (χ1v) is 8.03. The summed E-state index contributed by atoms with van der Waals surface area (Å²) < 4.78 is 43.5. The van der Waals surface area contributed by atoms with E-state index in [1.54, 1.807) is 12.0 Å². The van der Waals surface area contributed by atoms with Gasteiger partial charge in [0.05, 0.1) is 13.0 Å². The molecule has 1 N–H and O–H groups in total. The number of hydrogen-bond donors (Lipinski definition) is 1. The van der Waals surface area contributed by atoms with Crippen LogP contribution in [0.5, 0.6) is 5.75 Å². The molecule has 3 nitrogen and oxygen atoms in total. The number of piperidine rings is 1. The van der Waals surface area contributed by atoms with E-state index in [9.17, 15) is 13.2 Å². The van der Waals surface area contributed by atoms with Crippen LogP contribution in [0.1, 0.15) is 18.4 Å². The highest BCUT2D eigenvalue weighted by molar-refractivity contribution is 7.80. The third-order valence-corrected chi connectivity index (χ3v) is 4.42. The van der Waals surface area contributed by atoms with E-state index in [0.29, 0.717) is 24.6 Å². The van der Waals surface area contributed by atoms with Gasteiger partial charge in [0.2, 0.25) is 0 Å². The van der Waals surface area contributed by atoms with E-state index in [-0.39, 0.29) is 13.0 Å². The van der Waals surface area contributed by atoms with E-state index in [4.69, 9.17) is 17.0 Å². The number of hydrogen-bond acceptors (Lipinski definition) is 2.